The molecule has 1 saturated carbocycles. The molecule has 178 valence electrons. The summed E-state index contributed by atoms with van der Waals surface area (Å²) in [6.45, 7) is 4.09. The van der Waals surface area contributed by atoms with Gasteiger partial charge < -0.3 is 16.0 Å². The maximum atomic E-state index is 13.4. The van der Waals surface area contributed by atoms with Gasteiger partial charge >= 0.3 is 0 Å². The van der Waals surface area contributed by atoms with E-state index in [4.69, 9.17) is 0 Å². The Morgan fingerprint density at radius 3 is 2.42 bits per heavy atom. The monoisotopic (exact) mass is 458 g/mol. The van der Waals surface area contributed by atoms with Crippen LogP contribution in [0.25, 0.3) is 0 Å². The summed E-state index contributed by atoms with van der Waals surface area (Å²) < 4.78 is 26.7. The highest BCUT2D eigenvalue weighted by atomic mass is 19.1. The van der Waals surface area contributed by atoms with Crippen LogP contribution < -0.4 is 16.0 Å². The van der Waals surface area contributed by atoms with Gasteiger partial charge in [0.05, 0.1) is 6.42 Å². The molecule has 1 heterocycles. The number of nitrogens with zero attached hydrogens (tertiary/aromatic N) is 1. The fourth-order valence-corrected chi connectivity index (χ4v) is 3.68. The van der Waals surface area contributed by atoms with Gasteiger partial charge in [0.25, 0.3) is 0 Å². The Kier molecular flexibility index (Phi) is 8.88. The molecule has 1 aliphatic rings. The average Bonchev–Trinajstić information content (AvgIpc) is 3.56. The van der Waals surface area contributed by atoms with Crippen LogP contribution in [0.1, 0.15) is 57.1 Å². The number of amides is 2. The molecule has 1 aromatic heterocycles. The lowest BCUT2D eigenvalue weighted by molar-refractivity contribution is -0.126. The number of aromatic nitrogens is 1. The van der Waals surface area contributed by atoms with Crippen LogP contribution in [0.3, 0.4) is 0 Å². The largest absolute Gasteiger partial charge is 0.344 e. The van der Waals surface area contributed by atoms with E-state index in [0.29, 0.717) is 30.7 Å². The Morgan fingerprint density at radius 1 is 1.09 bits per heavy atom. The number of nitrogens with one attached hydrogen (secondary N) is 3. The number of carbonyl (C=O) groups is 2. The molecule has 0 aliphatic heterocycles. The molecule has 2 amide bonds. The van der Waals surface area contributed by atoms with Gasteiger partial charge in [-0.25, -0.2) is 13.8 Å². The van der Waals surface area contributed by atoms with Crippen molar-refractivity contribution in [2.75, 3.05) is 5.32 Å². The Hall–Kier alpha value is -2.87. The summed E-state index contributed by atoms with van der Waals surface area (Å²) in [4.78, 5) is 29.4. The summed E-state index contributed by atoms with van der Waals surface area (Å²) in [5.74, 6) is -1.94. The van der Waals surface area contributed by atoms with Crippen LogP contribution in [-0.4, -0.2) is 34.9 Å². The van der Waals surface area contributed by atoms with E-state index in [1.807, 2.05) is 13.0 Å². The van der Waals surface area contributed by atoms with Crippen LogP contribution in [0.4, 0.5) is 14.6 Å². The van der Waals surface area contributed by atoms with E-state index in [1.54, 1.807) is 12.3 Å². The quantitative estimate of drug-likeness (QED) is 0.451. The lowest BCUT2D eigenvalue weighted by Crippen LogP contribution is -2.44. The second kappa shape index (κ2) is 11.8. The number of carbonyl (C=O) groups excluding carboxylic acids is 2. The number of benzene rings is 1. The van der Waals surface area contributed by atoms with Crippen molar-refractivity contribution < 1.29 is 18.4 Å². The van der Waals surface area contributed by atoms with Crippen LogP contribution in [0, 0.1) is 11.6 Å². The molecule has 2 aromatic rings. The minimum atomic E-state index is -0.767. The minimum absolute atomic E-state index is 0.208. The maximum absolute atomic E-state index is 13.4. The molecule has 1 aliphatic carbocycles. The molecular weight excluding hydrogens is 426 g/mol. The second-order valence-electron chi connectivity index (χ2n) is 8.78. The van der Waals surface area contributed by atoms with Gasteiger partial charge in [0, 0.05) is 24.3 Å². The number of pyridine rings is 1. The van der Waals surface area contributed by atoms with Crippen molar-refractivity contribution in [3.63, 3.8) is 0 Å². The van der Waals surface area contributed by atoms with Crippen molar-refractivity contribution in [1.82, 2.24) is 15.6 Å². The summed E-state index contributed by atoms with van der Waals surface area (Å²) in [5, 5.41) is 8.98. The molecule has 0 radical (unpaired) electrons. The molecule has 1 unspecified atom stereocenters. The van der Waals surface area contributed by atoms with Crippen molar-refractivity contribution in [2.45, 2.75) is 76.9 Å². The molecule has 0 spiro atoms. The third-order valence-corrected chi connectivity index (χ3v) is 5.56. The Bertz CT molecular complexity index is 928. The van der Waals surface area contributed by atoms with E-state index in [0.717, 1.165) is 36.6 Å². The molecular formula is C25H32F2N4O2. The summed E-state index contributed by atoms with van der Waals surface area (Å²) in [6.07, 6.45) is 7.09. The van der Waals surface area contributed by atoms with Crippen LogP contribution in [0.5, 0.6) is 0 Å². The Morgan fingerprint density at radius 2 is 1.82 bits per heavy atom. The van der Waals surface area contributed by atoms with Crippen molar-refractivity contribution >= 4 is 17.6 Å². The van der Waals surface area contributed by atoms with Crippen molar-refractivity contribution in [3.05, 3.63) is 59.3 Å². The smallest absolute Gasteiger partial charge is 0.248 e. The predicted molar refractivity (Wildman–Crippen MR) is 124 cm³/mol. The first-order valence-electron chi connectivity index (χ1n) is 11.6. The topological polar surface area (TPSA) is 83.1 Å². The molecule has 1 aromatic carbocycles. The minimum Gasteiger partial charge on any atom is -0.344 e. The zero-order chi connectivity index (χ0) is 23.8. The van der Waals surface area contributed by atoms with E-state index in [-0.39, 0.29) is 17.9 Å². The van der Waals surface area contributed by atoms with Crippen LogP contribution in [0.15, 0.2) is 36.5 Å². The fraction of sp³-hybridized carbons (Fsp3) is 0.480. The highest BCUT2D eigenvalue weighted by Gasteiger charge is 2.23. The Labute approximate surface area is 193 Å². The van der Waals surface area contributed by atoms with Crippen LogP contribution >= 0.6 is 0 Å². The molecule has 33 heavy (non-hydrogen) atoms. The molecule has 3 rings (SSSR count). The van der Waals surface area contributed by atoms with E-state index in [1.165, 1.54) is 12.8 Å². The van der Waals surface area contributed by atoms with Crippen molar-refractivity contribution in [2.24, 2.45) is 0 Å². The van der Waals surface area contributed by atoms with Gasteiger partial charge in [0.15, 0.2) is 0 Å². The molecule has 8 heteroatoms. The Balaban J connectivity index is 1.50. The first kappa shape index (κ1) is 24.8. The zero-order valence-corrected chi connectivity index (χ0v) is 19.2. The number of halogens is 2. The van der Waals surface area contributed by atoms with E-state index < -0.39 is 23.6 Å². The second-order valence-corrected chi connectivity index (χ2v) is 8.78. The molecule has 3 N–H and O–H groups in total. The van der Waals surface area contributed by atoms with Crippen LogP contribution in [-0.2, 0) is 22.4 Å². The number of rotatable bonds is 12. The average molecular weight is 459 g/mol. The first-order chi connectivity index (χ1) is 15.8. The van der Waals surface area contributed by atoms with Crippen LogP contribution in [0.2, 0.25) is 0 Å². The van der Waals surface area contributed by atoms with Crippen molar-refractivity contribution in [1.29, 1.82) is 0 Å². The highest BCUT2D eigenvalue weighted by Crippen LogP contribution is 2.20. The summed E-state index contributed by atoms with van der Waals surface area (Å²) in [5.41, 5.74) is 1.30. The summed E-state index contributed by atoms with van der Waals surface area (Å²) >= 11 is 0. The molecule has 1 fully saturated rings. The zero-order valence-electron chi connectivity index (χ0n) is 19.2. The van der Waals surface area contributed by atoms with Gasteiger partial charge in [-0.05, 0) is 68.4 Å². The van der Waals surface area contributed by atoms with Crippen molar-refractivity contribution in [3.8, 4) is 0 Å². The third-order valence-electron chi connectivity index (χ3n) is 5.56. The van der Waals surface area contributed by atoms with E-state index in [9.17, 15) is 18.4 Å². The number of hydrogen-bond donors (Lipinski definition) is 3. The van der Waals surface area contributed by atoms with Gasteiger partial charge in [-0.15, -0.1) is 0 Å². The third kappa shape index (κ3) is 8.53. The van der Waals surface area contributed by atoms with Gasteiger partial charge in [-0.1, -0.05) is 19.4 Å². The van der Waals surface area contributed by atoms with Gasteiger partial charge in [-0.3, -0.25) is 9.59 Å². The predicted octanol–water partition coefficient (Wildman–Crippen LogP) is 3.90. The van der Waals surface area contributed by atoms with Gasteiger partial charge in [-0.2, -0.15) is 0 Å². The van der Waals surface area contributed by atoms with E-state index >= 15 is 0 Å². The van der Waals surface area contributed by atoms with Gasteiger partial charge in [0.2, 0.25) is 11.8 Å². The van der Waals surface area contributed by atoms with Gasteiger partial charge in [0.1, 0.15) is 23.5 Å². The maximum Gasteiger partial charge on any atom is 0.248 e. The van der Waals surface area contributed by atoms with E-state index in [2.05, 4.69) is 27.9 Å². The summed E-state index contributed by atoms with van der Waals surface area (Å²) in [6, 6.07) is 7.03. The first-order valence-corrected chi connectivity index (χ1v) is 11.6. The standard InChI is InChI=1S/C25H32F2N4O2/c1-3-4-22(30-24(32)13-18-11-19(26)14-20(27)12-18)25(33)31-23-10-7-17(15-28-23)6-5-16(2)29-21-8-9-21/h7,10-12,14-16,21-22,29H,3-6,8-9,13H2,1-2H3,(H,30,32)(H,28,31,33)/t16-,22?/m1/s1. The lowest BCUT2D eigenvalue weighted by atomic mass is 10.1. The molecule has 6 nitrogen and oxygen atoms in total. The SMILES string of the molecule is CCCC(NC(=O)Cc1cc(F)cc(F)c1)C(=O)Nc1ccc(CC[C@@H](C)NC2CC2)cn1. The summed E-state index contributed by atoms with van der Waals surface area (Å²) in [7, 11) is 0. The molecule has 2 atom stereocenters. The fourth-order valence-electron chi connectivity index (χ4n) is 3.68. The lowest BCUT2D eigenvalue weighted by Gasteiger charge is -2.18. The normalized spacial score (nSPS) is 15.0. The molecule has 0 bridgehead atoms. The highest BCUT2D eigenvalue weighted by molar-refractivity contribution is 5.96. The number of hydrogen-bond acceptors (Lipinski definition) is 4. The molecule has 0 saturated heterocycles. The number of aryl methyl sites for hydroxylation is 1. The number of anilines is 1.